The van der Waals surface area contributed by atoms with Gasteiger partial charge in [-0.2, -0.15) is 0 Å². The van der Waals surface area contributed by atoms with Gasteiger partial charge < -0.3 is 10.2 Å². The van der Waals surface area contributed by atoms with Gasteiger partial charge in [0.05, 0.1) is 0 Å². The Morgan fingerprint density at radius 1 is 1.47 bits per heavy atom. The van der Waals surface area contributed by atoms with Crippen molar-refractivity contribution in [2.75, 3.05) is 20.1 Å². The molecule has 15 heavy (non-hydrogen) atoms. The number of likely N-dealkylation sites (tertiary alicyclic amines) is 1. The summed E-state index contributed by atoms with van der Waals surface area (Å²) in [6.07, 6.45) is 11.2. The number of terminal acetylenes is 1. The minimum atomic E-state index is 0.724. The molecule has 1 aliphatic rings. The van der Waals surface area contributed by atoms with Gasteiger partial charge in [-0.05, 0) is 52.7 Å². The maximum atomic E-state index is 5.24. The summed E-state index contributed by atoms with van der Waals surface area (Å²) in [7, 11) is 2.07. The van der Waals surface area contributed by atoms with Gasteiger partial charge in [0.15, 0.2) is 0 Å². The minimum Gasteiger partial charge on any atom is -0.317 e. The number of unbranched alkanes of at least 4 members (excludes halogenated alkanes) is 2. The third kappa shape index (κ3) is 4.24. The van der Waals surface area contributed by atoms with Crippen LogP contribution in [0.2, 0.25) is 0 Å². The Balaban J connectivity index is 2.17. The fourth-order valence-electron chi connectivity index (χ4n) is 2.36. The van der Waals surface area contributed by atoms with Crippen molar-refractivity contribution >= 4 is 0 Å². The fraction of sp³-hybridized carbons (Fsp3) is 0.846. The number of nitrogens with one attached hydrogen (secondary N) is 1. The molecule has 0 spiro atoms. The molecule has 0 aliphatic carbocycles. The fourth-order valence-corrected chi connectivity index (χ4v) is 2.36. The highest BCUT2D eigenvalue weighted by atomic mass is 15.2. The first kappa shape index (κ1) is 12.5. The molecule has 2 nitrogen and oxygen atoms in total. The molecule has 2 atom stereocenters. The second-order valence-corrected chi connectivity index (χ2v) is 4.56. The van der Waals surface area contributed by atoms with Crippen LogP contribution in [0.1, 0.15) is 39.0 Å². The maximum absolute atomic E-state index is 5.24. The molecule has 1 rings (SSSR count). The third-order valence-corrected chi connectivity index (χ3v) is 3.44. The molecule has 1 fully saturated rings. The second-order valence-electron chi connectivity index (χ2n) is 4.56. The normalized spacial score (nSPS) is 27.5. The molecule has 1 saturated heterocycles. The summed E-state index contributed by atoms with van der Waals surface area (Å²) in [5, 5.41) is 3.38. The van der Waals surface area contributed by atoms with Crippen LogP contribution in [0.15, 0.2) is 0 Å². The van der Waals surface area contributed by atoms with Crippen LogP contribution < -0.4 is 5.32 Å². The van der Waals surface area contributed by atoms with Gasteiger partial charge in [-0.3, -0.25) is 0 Å². The summed E-state index contributed by atoms with van der Waals surface area (Å²) in [5.41, 5.74) is 0. The van der Waals surface area contributed by atoms with E-state index in [9.17, 15) is 0 Å². The van der Waals surface area contributed by atoms with Crippen LogP contribution >= 0.6 is 0 Å². The largest absolute Gasteiger partial charge is 0.317 e. The molecule has 0 bridgehead atoms. The predicted octanol–water partition coefficient (Wildman–Crippen LogP) is 1.86. The van der Waals surface area contributed by atoms with Crippen molar-refractivity contribution in [1.29, 1.82) is 0 Å². The Bertz CT molecular complexity index is 207. The quantitative estimate of drug-likeness (QED) is 0.548. The van der Waals surface area contributed by atoms with Gasteiger partial charge in [0.25, 0.3) is 0 Å². The second kappa shape index (κ2) is 6.87. The molecule has 86 valence electrons. The topological polar surface area (TPSA) is 15.3 Å². The molecular weight excluding hydrogens is 184 g/mol. The van der Waals surface area contributed by atoms with Crippen LogP contribution in [-0.2, 0) is 0 Å². The summed E-state index contributed by atoms with van der Waals surface area (Å²) in [6, 6.07) is 1.45. The van der Waals surface area contributed by atoms with Crippen molar-refractivity contribution in [3.05, 3.63) is 0 Å². The van der Waals surface area contributed by atoms with Crippen molar-refractivity contribution < 1.29 is 0 Å². The molecule has 0 amide bonds. The van der Waals surface area contributed by atoms with Crippen molar-refractivity contribution in [1.82, 2.24) is 10.2 Å². The van der Waals surface area contributed by atoms with Crippen LogP contribution in [-0.4, -0.2) is 37.1 Å². The lowest BCUT2D eigenvalue weighted by Crippen LogP contribution is -2.46. The number of nitrogens with zero attached hydrogens (tertiary/aromatic N) is 1. The van der Waals surface area contributed by atoms with E-state index in [1.54, 1.807) is 0 Å². The Morgan fingerprint density at radius 3 is 2.87 bits per heavy atom. The Kier molecular flexibility index (Phi) is 5.75. The van der Waals surface area contributed by atoms with E-state index in [1.165, 1.54) is 38.8 Å². The lowest BCUT2D eigenvalue weighted by molar-refractivity contribution is 0.137. The van der Waals surface area contributed by atoms with Crippen LogP contribution in [0.25, 0.3) is 0 Å². The van der Waals surface area contributed by atoms with Crippen molar-refractivity contribution in [3.63, 3.8) is 0 Å². The summed E-state index contributed by atoms with van der Waals surface area (Å²) in [6.45, 7) is 4.80. The molecule has 0 aromatic heterocycles. The van der Waals surface area contributed by atoms with Gasteiger partial charge in [-0.1, -0.05) is 0 Å². The number of hydrogen-bond acceptors (Lipinski definition) is 2. The zero-order valence-corrected chi connectivity index (χ0v) is 10.1. The first-order valence-corrected chi connectivity index (χ1v) is 6.12. The Morgan fingerprint density at radius 2 is 2.27 bits per heavy atom. The van der Waals surface area contributed by atoms with E-state index in [4.69, 9.17) is 6.42 Å². The van der Waals surface area contributed by atoms with E-state index < -0.39 is 0 Å². The van der Waals surface area contributed by atoms with E-state index in [0.29, 0.717) is 0 Å². The summed E-state index contributed by atoms with van der Waals surface area (Å²) in [5.74, 6) is 2.70. The molecular formula is C13H24N2. The van der Waals surface area contributed by atoms with E-state index in [2.05, 4.69) is 30.1 Å². The zero-order valence-electron chi connectivity index (χ0n) is 10.1. The van der Waals surface area contributed by atoms with Crippen LogP contribution in [0.5, 0.6) is 0 Å². The minimum absolute atomic E-state index is 0.724. The summed E-state index contributed by atoms with van der Waals surface area (Å²) in [4.78, 5) is 2.60. The molecule has 0 radical (unpaired) electrons. The molecule has 2 unspecified atom stereocenters. The summed E-state index contributed by atoms with van der Waals surface area (Å²) < 4.78 is 0. The Hall–Kier alpha value is -0.520. The molecule has 1 aliphatic heterocycles. The average molecular weight is 208 g/mol. The zero-order chi connectivity index (χ0) is 11.1. The Labute approximate surface area is 94.4 Å². The molecule has 1 N–H and O–H groups in total. The average Bonchev–Trinajstić information content (AvgIpc) is 2.26. The van der Waals surface area contributed by atoms with Crippen LogP contribution in [0.3, 0.4) is 0 Å². The highest BCUT2D eigenvalue weighted by Gasteiger charge is 2.23. The highest BCUT2D eigenvalue weighted by molar-refractivity contribution is 4.84. The number of rotatable bonds is 5. The van der Waals surface area contributed by atoms with Gasteiger partial charge in [-0.15, -0.1) is 12.3 Å². The van der Waals surface area contributed by atoms with E-state index in [1.807, 2.05) is 0 Å². The third-order valence-electron chi connectivity index (χ3n) is 3.44. The molecule has 0 aromatic rings. The molecule has 2 heteroatoms. The van der Waals surface area contributed by atoms with E-state index in [-0.39, 0.29) is 0 Å². The van der Waals surface area contributed by atoms with Crippen molar-refractivity contribution in [2.45, 2.75) is 51.1 Å². The summed E-state index contributed by atoms with van der Waals surface area (Å²) >= 11 is 0. The van der Waals surface area contributed by atoms with Gasteiger partial charge in [0.2, 0.25) is 0 Å². The van der Waals surface area contributed by atoms with Crippen LogP contribution in [0.4, 0.5) is 0 Å². The molecule has 0 saturated carbocycles. The first-order chi connectivity index (χ1) is 7.27. The van der Waals surface area contributed by atoms with Gasteiger partial charge in [-0.25, -0.2) is 0 Å². The van der Waals surface area contributed by atoms with Crippen molar-refractivity contribution in [2.24, 2.45) is 0 Å². The smallest absolute Gasteiger partial charge is 0.00910 e. The van der Waals surface area contributed by atoms with Crippen molar-refractivity contribution in [3.8, 4) is 12.3 Å². The number of piperidine rings is 1. The monoisotopic (exact) mass is 208 g/mol. The van der Waals surface area contributed by atoms with Gasteiger partial charge >= 0.3 is 0 Å². The lowest BCUT2D eigenvalue weighted by Gasteiger charge is -2.37. The lowest BCUT2D eigenvalue weighted by atomic mass is 9.98. The predicted molar refractivity (Wildman–Crippen MR) is 65.8 cm³/mol. The van der Waals surface area contributed by atoms with E-state index in [0.717, 1.165) is 18.5 Å². The maximum Gasteiger partial charge on any atom is 0.00910 e. The number of hydrogen-bond donors (Lipinski definition) is 1. The first-order valence-electron chi connectivity index (χ1n) is 6.12. The van der Waals surface area contributed by atoms with Crippen LogP contribution in [0, 0.1) is 12.3 Å². The van der Waals surface area contributed by atoms with E-state index >= 15 is 0 Å². The van der Waals surface area contributed by atoms with Gasteiger partial charge in [0, 0.05) is 18.5 Å². The molecule has 1 heterocycles. The standard InChI is InChI=1S/C13H24N2/c1-4-5-6-7-9-15-10-8-13(14-3)11-12(15)2/h1,12-14H,5-11H2,2-3H3. The molecule has 0 aromatic carbocycles. The highest BCUT2D eigenvalue weighted by Crippen LogP contribution is 2.17. The SMILES string of the molecule is C#CCCCCN1CCC(NC)CC1C. The van der Waals surface area contributed by atoms with Gasteiger partial charge in [0.1, 0.15) is 0 Å².